The van der Waals surface area contributed by atoms with E-state index in [1.165, 1.54) is 11.3 Å². The number of benzene rings is 2. The van der Waals surface area contributed by atoms with Crippen LogP contribution in [-0.4, -0.2) is 18.6 Å². The molecule has 140 valence electrons. The molecule has 0 saturated heterocycles. The Morgan fingerprint density at radius 2 is 1.78 bits per heavy atom. The van der Waals surface area contributed by atoms with Crippen LogP contribution in [-0.2, 0) is 5.41 Å². The third-order valence-electron chi connectivity index (χ3n) is 6.04. The number of Topliss-reactive ketones (excluding diaryl/α,β-unsaturated/α-hetero) is 1. The normalized spacial score (nSPS) is 22.4. The summed E-state index contributed by atoms with van der Waals surface area (Å²) in [5.74, 6) is 0.959. The molecule has 0 fully saturated rings. The Kier molecular flexibility index (Phi) is 3.62. The van der Waals surface area contributed by atoms with Crippen molar-refractivity contribution in [3.63, 3.8) is 0 Å². The lowest BCUT2D eigenvalue weighted by Crippen LogP contribution is -2.58. The number of fused-ring (bicyclic) bond motifs is 2. The third-order valence-corrected chi connectivity index (χ3v) is 6.04. The van der Waals surface area contributed by atoms with Gasteiger partial charge in [-0.15, -0.1) is 0 Å². The average Bonchev–Trinajstić information content (AvgIpc) is 2.79. The average molecular weight is 361 g/mol. The second-order valence-electron chi connectivity index (χ2n) is 9.16. The summed E-state index contributed by atoms with van der Waals surface area (Å²) in [6.07, 6.45) is 4.24. The second kappa shape index (κ2) is 5.48. The topological polar surface area (TPSA) is 29.5 Å². The van der Waals surface area contributed by atoms with Gasteiger partial charge < -0.3 is 9.64 Å². The van der Waals surface area contributed by atoms with E-state index in [9.17, 15) is 4.79 Å². The number of carbonyl (C=O) groups is 1. The summed E-state index contributed by atoms with van der Waals surface area (Å²) in [5, 5.41) is 0. The van der Waals surface area contributed by atoms with E-state index in [1.54, 1.807) is 0 Å². The highest BCUT2D eigenvalue weighted by molar-refractivity contribution is 6.00. The van der Waals surface area contributed by atoms with Crippen LogP contribution in [0.1, 0.15) is 56.1 Å². The molecule has 2 aliphatic rings. The molecule has 0 aliphatic carbocycles. The summed E-state index contributed by atoms with van der Waals surface area (Å²) in [6, 6.07) is 14.2. The molecule has 1 unspecified atom stereocenters. The predicted molar refractivity (Wildman–Crippen MR) is 110 cm³/mol. The molecule has 0 radical (unpaired) electrons. The smallest absolute Gasteiger partial charge is 0.211 e. The van der Waals surface area contributed by atoms with Gasteiger partial charge in [-0.2, -0.15) is 0 Å². The molecule has 2 aromatic rings. The molecule has 0 bridgehead atoms. The van der Waals surface area contributed by atoms with Gasteiger partial charge >= 0.3 is 0 Å². The first-order valence-corrected chi connectivity index (χ1v) is 9.48. The van der Waals surface area contributed by atoms with Crippen molar-refractivity contribution < 1.29 is 9.53 Å². The second-order valence-corrected chi connectivity index (χ2v) is 9.16. The molecule has 4 rings (SSSR count). The Balaban J connectivity index is 1.77. The van der Waals surface area contributed by atoms with E-state index in [2.05, 4.69) is 62.2 Å². The lowest BCUT2D eigenvalue weighted by molar-refractivity contribution is 0.0581. The van der Waals surface area contributed by atoms with Gasteiger partial charge in [-0.25, -0.2) is 0 Å². The summed E-state index contributed by atoms with van der Waals surface area (Å²) >= 11 is 0. The van der Waals surface area contributed by atoms with Gasteiger partial charge in [0.25, 0.3) is 0 Å². The molecule has 2 aromatic carbocycles. The zero-order chi connectivity index (χ0) is 19.6. The Morgan fingerprint density at radius 3 is 2.44 bits per heavy atom. The Morgan fingerprint density at radius 1 is 1.07 bits per heavy atom. The summed E-state index contributed by atoms with van der Waals surface area (Å²) in [5.41, 5.74) is 2.95. The SMILES string of the molecule is CN1c2ccccc2C(C)(C)C12C=Cc1cc(C(=O)C(C)(C)C)ccc1O2. The van der Waals surface area contributed by atoms with Crippen molar-refractivity contribution in [2.24, 2.45) is 5.41 Å². The van der Waals surface area contributed by atoms with Gasteiger partial charge in [-0.3, -0.25) is 4.79 Å². The fraction of sp³-hybridized carbons (Fsp3) is 0.375. The molecule has 1 atom stereocenters. The number of likely N-dealkylation sites (N-methyl/N-ethyl adjacent to an activating group) is 1. The van der Waals surface area contributed by atoms with Gasteiger partial charge in [-0.05, 0) is 55.8 Å². The van der Waals surface area contributed by atoms with Gasteiger partial charge in [0, 0.05) is 29.3 Å². The third kappa shape index (κ3) is 2.37. The Hall–Kier alpha value is -2.55. The fourth-order valence-electron chi connectivity index (χ4n) is 4.35. The number of rotatable bonds is 1. The van der Waals surface area contributed by atoms with Crippen molar-refractivity contribution in [1.29, 1.82) is 0 Å². The highest BCUT2D eigenvalue weighted by Crippen LogP contribution is 2.54. The maximum absolute atomic E-state index is 12.6. The van der Waals surface area contributed by atoms with E-state index < -0.39 is 11.1 Å². The van der Waals surface area contributed by atoms with Crippen molar-refractivity contribution in [2.75, 3.05) is 11.9 Å². The van der Waals surface area contributed by atoms with Crippen LogP contribution in [0.15, 0.2) is 48.5 Å². The number of hydrogen-bond acceptors (Lipinski definition) is 3. The van der Waals surface area contributed by atoms with Gasteiger partial charge in [-0.1, -0.05) is 39.0 Å². The lowest BCUT2D eigenvalue weighted by Gasteiger charge is -2.45. The lowest BCUT2D eigenvalue weighted by atomic mass is 9.76. The number of ether oxygens (including phenoxy) is 1. The molecule has 1 spiro atoms. The van der Waals surface area contributed by atoms with Crippen LogP contribution in [0.5, 0.6) is 5.75 Å². The molecular weight excluding hydrogens is 334 g/mol. The molecular formula is C24H27NO2. The van der Waals surface area contributed by atoms with Crippen molar-refractivity contribution in [1.82, 2.24) is 0 Å². The van der Waals surface area contributed by atoms with Crippen molar-refractivity contribution in [3.8, 4) is 5.75 Å². The minimum Gasteiger partial charge on any atom is -0.463 e. The van der Waals surface area contributed by atoms with E-state index in [4.69, 9.17) is 4.74 Å². The van der Waals surface area contributed by atoms with Gasteiger partial charge in [0.2, 0.25) is 5.72 Å². The number of carbonyl (C=O) groups excluding carboxylic acids is 1. The van der Waals surface area contributed by atoms with Crippen LogP contribution in [0.4, 0.5) is 5.69 Å². The Bertz CT molecular complexity index is 965. The minimum atomic E-state index is -0.584. The highest BCUT2D eigenvalue weighted by Gasteiger charge is 2.57. The van der Waals surface area contributed by atoms with Crippen molar-refractivity contribution in [3.05, 3.63) is 65.2 Å². The van der Waals surface area contributed by atoms with E-state index in [0.29, 0.717) is 0 Å². The molecule has 0 saturated carbocycles. The zero-order valence-electron chi connectivity index (χ0n) is 17.0. The van der Waals surface area contributed by atoms with E-state index in [1.807, 2.05) is 39.0 Å². The van der Waals surface area contributed by atoms with Crippen LogP contribution in [0.2, 0.25) is 0 Å². The quantitative estimate of drug-likeness (QED) is 0.633. The molecule has 2 heterocycles. The van der Waals surface area contributed by atoms with Gasteiger partial charge in [0.05, 0.1) is 5.41 Å². The molecule has 2 aliphatic heterocycles. The minimum absolute atomic E-state index is 0.143. The Labute approximate surface area is 161 Å². The van der Waals surface area contributed by atoms with Crippen molar-refractivity contribution in [2.45, 2.75) is 45.8 Å². The van der Waals surface area contributed by atoms with Crippen molar-refractivity contribution >= 4 is 17.5 Å². The van der Waals surface area contributed by atoms with E-state index in [-0.39, 0.29) is 11.2 Å². The largest absolute Gasteiger partial charge is 0.463 e. The first-order chi connectivity index (χ1) is 12.6. The maximum atomic E-state index is 12.6. The zero-order valence-corrected chi connectivity index (χ0v) is 17.0. The maximum Gasteiger partial charge on any atom is 0.211 e. The number of hydrogen-bond donors (Lipinski definition) is 0. The highest BCUT2D eigenvalue weighted by atomic mass is 16.5. The predicted octanol–water partition coefficient (Wildman–Crippen LogP) is 5.44. The van der Waals surface area contributed by atoms with Gasteiger partial charge in [0.15, 0.2) is 5.78 Å². The molecule has 3 nitrogen and oxygen atoms in total. The summed E-state index contributed by atoms with van der Waals surface area (Å²) in [6.45, 7) is 10.3. The first-order valence-electron chi connectivity index (χ1n) is 9.48. The van der Waals surface area contributed by atoms with E-state index >= 15 is 0 Å². The van der Waals surface area contributed by atoms with Crippen LogP contribution in [0, 0.1) is 5.41 Å². The number of anilines is 1. The fourth-order valence-corrected chi connectivity index (χ4v) is 4.35. The first kappa shape index (κ1) is 17.8. The molecule has 0 N–H and O–H groups in total. The number of ketones is 1. The molecule has 0 aromatic heterocycles. The summed E-state index contributed by atoms with van der Waals surface area (Å²) in [4.78, 5) is 14.9. The molecule has 27 heavy (non-hydrogen) atoms. The van der Waals surface area contributed by atoms with Gasteiger partial charge in [0.1, 0.15) is 5.75 Å². The van der Waals surface area contributed by atoms with Crippen LogP contribution in [0.25, 0.3) is 6.08 Å². The van der Waals surface area contributed by atoms with E-state index in [0.717, 1.165) is 16.9 Å². The monoisotopic (exact) mass is 361 g/mol. The molecule has 0 amide bonds. The van der Waals surface area contributed by atoms with Crippen LogP contribution in [0.3, 0.4) is 0 Å². The summed E-state index contributed by atoms with van der Waals surface area (Å²) < 4.78 is 6.64. The number of nitrogens with zero attached hydrogens (tertiary/aromatic N) is 1. The number of para-hydroxylation sites is 1. The summed E-state index contributed by atoms with van der Waals surface area (Å²) in [7, 11) is 2.08. The van der Waals surface area contributed by atoms with Crippen LogP contribution >= 0.6 is 0 Å². The standard InChI is InChI=1S/C24H27NO2/c1-22(2,3)21(26)17-11-12-20-16(15-17)13-14-24(27-20)23(4,5)18-9-7-8-10-19(18)25(24)6/h7-15H,1-6H3. The van der Waals surface area contributed by atoms with Crippen LogP contribution < -0.4 is 9.64 Å². The molecule has 3 heteroatoms.